The van der Waals surface area contributed by atoms with E-state index in [-0.39, 0.29) is 5.91 Å². The molecule has 1 aliphatic heterocycles. The highest BCUT2D eigenvalue weighted by molar-refractivity contribution is 6.06. The van der Waals surface area contributed by atoms with Gasteiger partial charge < -0.3 is 10.2 Å². The number of fused-ring (bicyclic) bond motifs is 1. The van der Waals surface area contributed by atoms with Crippen LogP contribution in [0.15, 0.2) is 42.5 Å². The molecule has 1 aliphatic rings. The van der Waals surface area contributed by atoms with Crippen LogP contribution in [0.25, 0.3) is 10.8 Å². The predicted molar refractivity (Wildman–Crippen MR) is 86.6 cm³/mol. The second-order valence-corrected chi connectivity index (χ2v) is 5.68. The van der Waals surface area contributed by atoms with E-state index in [0.29, 0.717) is 0 Å². The van der Waals surface area contributed by atoms with Crippen LogP contribution in [0.2, 0.25) is 0 Å². The summed E-state index contributed by atoms with van der Waals surface area (Å²) in [5, 5.41) is 5.19. The van der Waals surface area contributed by atoms with Crippen molar-refractivity contribution in [2.24, 2.45) is 0 Å². The molecule has 1 amide bonds. The van der Waals surface area contributed by atoms with Crippen LogP contribution >= 0.6 is 0 Å². The minimum Gasteiger partial charge on any atom is -0.351 e. The Morgan fingerprint density at radius 1 is 1.00 bits per heavy atom. The smallest absolute Gasteiger partial charge is 0.251 e. The van der Waals surface area contributed by atoms with Gasteiger partial charge >= 0.3 is 0 Å². The Balaban J connectivity index is 1.61. The number of nitrogens with zero attached hydrogens (tertiary/aromatic N) is 1. The monoisotopic (exact) mass is 282 g/mol. The molecule has 0 unspecified atom stereocenters. The molecule has 21 heavy (non-hydrogen) atoms. The molecular formula is C18H22N2O. The number of likely N-dealkylation sites (tertiary alicyclic amines) is 1. The van der Waals surface area contributed by atoms with Gasteiger partial charge in [-0.15, -0.1) is 0 Å². The van der Waals surface area contributed by atoms with E-state index >= 15 is 0 Å². The van der Waals surface area contributed by atoms with Crippen LogP contribution in [0.3, 0.4) is 0 Å². The first kappa shape index (κ1) is 14.1. The first-order valence-electron chi connectivity index (χ1n) is 7.83. The fourth-order valence-electron chi connectivity index (χ4n) is 3.03. The number of hydrogen-bond donors (Lipinski definition) is 1. The minimum absolute atomic E-state index is 0.0313. The number of carbonyl (C=O) groups is 1. The largest absolute Gasteiger partial charge is 0.351 e. The zero-order valence-corrected chi connectivity index (χ0v) is 12.3. The average molecular weight is 282 g/mol. The Hall–Kier alpha value is -1.87. The van der Waals surface area contributed by atoms with E-state index in [1.54, 1.807) is 0 Å². The number of piperidine rings is 1. The lowest BCUT2D eigenvalue weighted by atomic mass is 10.0. The van der Waals surface area contributed by atoms with E-state index in [4.69, 9.17) is 0 Å². The summed E-state index contributed by atoms with van der Waals surface area (Å²) in [6.07, 6.45) is 3.92. The number of nitrogens with one attached hydrogen (secondary N) is 1. The second-order valence-electron chi connectivity index (χ2n) is 5.68. The fraction of sp³-hybridized carbons (Fsp3) is 0.389. The highest BCUT2D eigenvalue weighted by Crippen LogP contribution is 2.18. The Morgan fingerprint density at radius 2 is 1.76 bits per heavy atom. The van der Waals surface area contributed by atoms with Gasteiger partial charge in [0.1, 0.15) is 0 Å². The van der Waals surface area contributed by atoms with Crippen molar-refractivity contribution >= 4 is 16.7 Å². The lowest BCUT2D eigenvalue weighted by molar-refractivity contribution is 0.0948. The molecule has 0 radical (unpaired) electrons. The van der Waals surface area contributed by atoms with E-state index < -0.39 is 0 Å². The third kappa shape index (κ3) is 3.42. The Morgan fingerprint density at radius 3 is 2.62 bits per heavy atom. The summed E-state index contributed by atoms with van der Waals surface area (Å²) in [6.45, 7) is 4.02. The van der Waals surface area contributed by atoms with Crippen molar-refractivity contribution in [3.63, 3.8) is 0 Å². The molecule has 3 rings (SSSR count). The van der Waals surface area contributed by atoms with Crippen molar-refractivity contribution < 1.29 is 4.79 Å². The second kappa shape index (κ2) is 6.72. The maximum absolute atomic E-state index is 12.4. The van der Waals surface area contributed by atoms with E-state index in [0.717, 1.165) is 29.4 Å². The molecule has 1 saturated heterocycles. The van der Waals surface area contributed by atoms with Crippen molar-refractivity contribution in [3.8, 4) is 0 Å². The molecule has 0 aliphatic carbocycles. The van der Waals surface area contributed by atoms with Gasteiger partial charge in [0.15, 0.2) is 0 Å². The molecule has 2 aromatic carbocycles. The van der Waals surface area contributed by atoms with Crippen LogP contribution in [0.5, 0.6) is 0 Å². The average Bonchev–Trinajstić information content (AvgIpc) is 2.55. The SMILES string of the molecule is O=C(NCCN1CCCCC1)c1cccc2ccccc12. The summed E-state index contributed by atoms with van der Waals surface area (Å²) in [6, 6.07) is 13.9. The zero-order valence-electron chi connectivity index (χ0n) is 12.3. The fourth-order valence-corrected chi connectivity index (χ4v) is 3.03. The molecule has 0 saturated carbocycles. The minimum atomic E-state index is 0.0313. The molecule has 0 bridgehead atoms. The van der Waals surface area contributed by atoms with Crippen LogP contribution in [0.1, 0.15) is 29.6 Å². The number of amides is 1. The number of rotatable bonds is 4. The Bertz CT molecular complexity index is 612. The summed E-state index contributed by atoms with van der Waals surface area (Å²) in [5.41, 5.74) is 0.770. The quantitative estimate of drug-likeness (QED) is 0.934. The van der Waals surface area contributed by atoms with Gasteiger partial charge in [-0.05, 0) is 42.8 Å². The van der Waals surface area contributed by atoms with Crippen LogP contribution in [0, 0.1) is 0 Å². The van der Waals surface area contributed by atoms with E-state index in [1.165, 1.54) is 32.4 Å². The first-order valence-corrected chi connectivity index (χ1v) is 7.83. The van der Waals surface area contributed by atoms with E-state index in [1.807, 2.05) is 42.5 Å². The van der Waals surface area contributed by atoms with E-state index in [9.17, 15) is 4.79 Å². The van der Waals surface area contributed by atoms with Gasteiger partial charge in [0.25, 0.3) is 5.91 Å². The lowest BCUT2D eigenvalue weighted by Gasteiger charge is -2.26. The maximum atomic E-state index is 12.4. The lowest BCUT2D eigenvalue weighted by Crippen LogP contribution is -2.37. The van der Waals surface area contributed by atoms with Gasteiger partial charge in [-0.3, -0.25) is 4.79 Å². The van der Waals surface area contributed by atoms with E-state index in [2.05, 4.69) is 10.2 Å². The Labute approximate surface area is 125 Å². The number of benzene rings is 2. The van der Waals surface area contributed by atoms with Crippen molar-refractivity contribution in [2.45, 2.75) is 19.3 Å². The van der Waals surface area contributed by atoms with Crippen molar-refractivity contribution in [3.05, 3.63) is 48.0 Å². The van der Waals surface area contributed by atoms with Crippen molar-refractivity contribution in [1.82, 2.24) is 10.2 Å². The van der Waals surface area contributed by atoms with Crippen molar-refractivity contribution in [1.29, 1.82) is 0 Å². The summed E-state index contributed by atoms with van der Waals surface area (Å²) in [5.74, 6) is 0.0313. The summed E-state index contributed by atoms with van der Waals surface area (Å²) in [4.78, 5) is 14.8. The normalized spacial score (nSPS) is 16.0. The van der Waals surface area contributed by atoms with Gasteiger partial charge in [0, 0.05) is 18.7 Å². The molecule has 110 valence electrons. The molecule has 3 nitrogen and oxygen atoms in total. The van der Waals surface area contributed by atoms with Gasteiger partial charge in [0.2, 0.25) is 0 Å². The molecule has 1 fully saturated rings. The maximum Gasteiger partial charge on any atom is 0.251 e. The van der Waals surface area contributed by atoms with Crippen LogP contribution < -0.4 is 5.32 Å². The summed E-state index contributed by atoms with van der Waals surface area (Å²) >= 11 is 0. The predicted octanol–water partition coefficient (Wildman–Crippen LogP) is 3.06. The van der Waals surface area contributed by atoms with Gasteiger partial charge in [-0.2, -0.15) is 0 Å². The highest BCUT2D eigenvalue weighted by atomic mass is 16.1. The zero-order chi connectivity index (χ0) is 14.5. The van der Waals surface area contributed by atoms with Crippen LogP contribution in [0.4, 0.5) is 0 Å². The topological polar surface area (TPSA) is 32.3 Å². The number of carbonyl (C=O) groups excluding carboxylic acids is 1. The summed E-state index contributed by atoms with van der Waals surface area (Å²) in [7, 11) is 0. The molecule has 0 spiro atoms. The third-order valence-corrected chi connectivity index (χ3v) is 4.20. The third-order valence-electron chi connectivity index (χ3n) is 4.20. The first-order chi connectivity index (χ1) is 10.3. The molecule has 3 heteroatoms. The van der Waals surface area contributed by atoms with Gasteiger partial charge in [0.05, 0.1) is 0 Å². The highest BCUT2D eigenvalue weighted by Gasteiger charge is 2.12. The van der Waals surface area contributed by atoms with Crippen molar-refractivity contribution in [2.75, 3.05) is 26.2 Å². The van der Waals surface area contributed by atoms with Gasteiger partial charge in [-0.25, -0.2) is 0 Å². The molecule has 0 atom stereocenters. The molecule has 1 N–H and O–H groups in total. The Kier molecular flexibility index (Phi) is 4.51. The standard InChI is InChI=1S/C18H22N2O/c21-18(19-11-14-20-12-4-1-5-13-20)17-10-6-8-15-7-2-3-9-16(15)17/h2-3,6-10H,1,4-5,11-14H2,(H,19,21). The van der Waals surface area contributed by atoms with Crippen LogP contribution in [-0.2, 0) is 0 Å². The van der Waals surface area contributed by atoms with Gasteiger partial charge in [-0.1, -0.05) is 42.8 Å². The molecular weight excluding hydrogens is 260 g/mol. The molecule has 2 aromatic rings. The summed E-state index contributed by atoms with van der Waals surface area (Å²) < 4.78 is 0. The molecule has 0 aromatic heterocycles. The number of hydrogen-bond acceptors (Lipinski definition) is 2. The molecule has 1 heterocycles. The van der Waals surface area contributed by atoms with Crippen LogP contribution in [-0.4, -0.2) is 37.0 Å².